The van der Waals surface area contributed by atoms with Crippen molar-refractivity contribution < 1.29 is 18.0 Å². The number of sulfone groups is 1. The van der Waals surface area contributed by atoms with Gasteiger partial charge in [0.15, 0.2) is 9.84 Å². The third-order valence-electron chi connectivity index (χ3n) is 4.27. The van der Waals surface area contributed by atoms with Crippen LogP contribution in [-0.4, -0.2) is 49.2 Å². The molecule has 0 radical (unpaired) electrons. The van der Waals surface area contributed by atoms with Gasteiger partial charge in [-0.15, -0.1) is 0 Å². The van der Waals surface area contributed by atoms with Crippen LogP contribution in [-0.2, 0) is 19.4 Å². The minimum Gasteiger partial charge on any atom is -0.330 e. The predicted octanol–water partition coefficient (Wildman–Crippen LogP) is 2.75. The first-order valence-corrected chi connectivity index (χ1v) is 10.6. The second kappa shape index (κ2) is 7.93. The number of hydrogen-bond acceptors (Lipinski definition) is 4. The highest BCUT2D eigenvalue weighted by atomic mass is 35.5. The summed E-state index contributed by atoms with van der Waals surface area (Å²) in [6.07, 6.45) is 3.02. The number of likely N-dealkylation sites (tertiary alicyclic amines) is 1. The van der Waals surface area contributed by atoms with E-state index >= 15 is 0 Å². The molecule has 1 N–H and O–H groups in total. The zero-order chi connectivity index (χ0) is 18.8. The Bertz CT molecular complexity index is 782. The molecule has 1 aliphatic heterocycles. The van der Waals surface area contributed by atoms with Gasteiger partial charge in [-0.3, -0.25) is 9.59 Å². The van der Waals surface area contributed by atoms with Gasteiger partial charge in [-0.05, 0) is 44.4 Å². The summed E-state index contributed by atoms with van der Waals surface area (Å²) in [6.45, 7) is 1.71. The van der Waals surface area contributed by atoms with E-state index in [4.69, 9.17) is 23.2 Å². The van der Waals surface area contributed by atoms with Gasteiger partial charge in [0, 0.05) is 18.5 Å². The van der Waals surface area contributed by atoms with Gasteiger partial charge in [-0.25, -0.2) is 8.42 Å². The van der Waals surface area contributed by atoms with E-state index in [2.05, 4.69) is 5.32 Å². The molecule has 2 rings (SSSR count). The number of carbonyl (C=O) groups is 2. The van der Waals surface area contributed by atoms with Gasteiger partial charge in [0.05, 0.1) is 10.0 Å². The van der Waals surface area contributed by atoms with Crippen LogP contribution in [0.2, 0.25) is 10.0 Å². The van der Waals surface area contributed by atoms with Crippen LogP contribution in [0.1, 0.15) is 26.2 Å². The molecule has 1 heterocycles. The Kier molecular flexibility index (Phi) is 6.35. The molecule has 0 aromatic heterocycles. The van der Waals surface area contributed by atoms with Crippen molar-refractivity contribution in [3.8, 4) is 0 Å². The summed E-state index contributed by atoms with van der Waals surface area (Å²) < 4.78 is 23.4. The fourth-order valence-electron chi connectivity index (χ4n) is 2.68. The van der Waals surface area contributed by atoms with Gasteiger partial charge in [0.1, 0.15) is 11.3 Å². The molecule has 0 saturated carbocycles. The fraction of sp³-hybridized carbons (Fsp3) is 0.500. The smallest absolute Gasteiger partial charge is 0.247 e. The summed E-state index contributed by atoms with van der Waals surface area (Å²) in [7, 11) is -3.52. The number of hydrogen-bond donors (Lipinski definition) is 1. The lowest BCUT2D eigenvalue weighted by Gasteiger charge is -2.36. The van der Waals surface area contributed by atoms with E-state index in [9.17, 15) is 18.0 Å². The van der Waals surface area contributed by atoms with E-state index in [1.165, 1.54) is 17.9 Å². The summed E-state index contributed by atoms with van der Waals surface area (Å²) in [5.74, 6) is -0.913. The van der Waals surface area contributed by atoms with Crippen molar-refractivity contribution in [3.05, 3.63) is 28.2 Å². The van der Waals surface area contributed by atoms with Gasteiger partial charge in [-0.1, -0.05) is 23.2 Å². The Morgan fingerprint density at radius 3 is 2.52 bits per heavy atom. The van der Waals surface area contributed by atoms with Gasteiger partial charge in [0.2, 0.25) is 11.8 Å². The molecular weight excluding hydrogens is 387 g/mol. The molecule has 138 valence electrons. The van der Waals surface area contributed by atoms with E-state index in [0.29, 0.717) is 28.7 Å². The lowest BCUT2D eigenvalue weighted by Crippen LogP contribution is -2.53. The Labute approximate surface area is 157 Å². The van der Waals surface area contributed by atoms with E-state index in [1.807, 2.05) is 0 Å². The number of amides is 2. The van der Waals surface area contributed by atoms with E-state index in [0.717, 1.165) is 19.1 Å². The number of rotatable bonds is 4. The molecule has 0 aliphatic carbocycles. The van der Waals surface area contributed by atoms with Crippen molar-refractivity contribution in [2.45, 2.75) is 37.5 Å². The molecule has 2 atom stereocenters. The Hall–Kier alpha value is -1.31. The standard InChI is InChI=1S/C16H20Cl2N2O4S/c1-10(25(2,23)24)16(22)20-8-4-3-5-14(20)15(21)19-11-6-7-12(17)13(18)9-11/h6-7,9-10,14H,3-5,8H2,1-2H3,(H,19,21)/t10-,14+/m1/s1. The number of halogens is 2. The summed E-state index contributed by atoms with van der Waals surface area (Å²) in [6, 6.07) is 3.99. The minimum absolute atomic E-state index is 0.307. The van der Waals surface area contributed by atoms with Crippen molar-refractivity contribution >= 4 is 50.5 Å². The second-order valence-corrected chi connectivity index (χ2v) is 9.31. The van der Waals surface area contributed by atoms with Crippen molar-refractivity contribution in [2.75, 3.05) is 18.1 Å². The van der Waals surface area contributed by atoms with Crippen LogP contribution in [0.25, 0.3) is 0 Å². The quantitative estimate of drug-likeness (QED) is 0.832. The molecule has 9 heteroatoms. The summed E-state index contributed by atoms with van der Waals surface area (Å²) in [4.78, 5) is 26.5. The number of anilines is 1. The number of piperidine rings is 1. The topological polar surface area (TPSA) is 83.6 Å². The average Bonchev–Trinajstić information content (AvgIpc) is 2.56. The van der Waals surface area contributed by atoms with Gasteiger partial charge in [0.25, 0.3) is 0 Å². The fourth-order valence-corrected chi connectivity index (χ4v) is 3.48. The van der Waals surface area contributed by atoms with E-state index < -0.39 is 27.0 Å². The van der Waals surface area contributed by atoms with Crippen molar-refractivity contribution in [1.82, 2.24) is 4.90 Å². The van der Waals surface area contributed by atoms with Crippen LogP contribution in [0.3, 0.4) is 0 Å². The first kappa shape index (κ1) is 20.0. The first-order valence-electron chi connectivity index (χ1n) is 7.86. The number of benzene rings is 1. The molecule has 1 fully saturated rings. The van der Waals surface area contributed by atoms with Crippen LogP contribution in [0, 0.1) is 0 Å². The SMILES string of the molecule is C[C@H](C(=O)N1CCCC[C@H]1C(=O)Nc1ccc(Cl)c(Cl)c1)S(C)(=O)=O. The van der Waals surface area contributed by atoms with Crippen LogP contribution in [0.4, 0.5) is 5.69 Å². The molecule has 1 aromatic rings. The summed E-state index contributed by atoms with van der Waals surface area (Å²) in [5.41, 5.74) is 0.466. The molecule has 0 spiro atoms. The van der Waals surface area contributed by atoms with E-state index in [-0.39, 0.29) is 5.91 Å². The molecule has 1 aromatic carbocycles. The summed E-state index contributed by atoms with van der Waals surface area (Å²) >= 11 is 11.8. The molecule has 6 nitrogen and oxygen atoms in total. The maximum Gasteiger partial charge on any atom is 0.247 e. The maximum absolute atomic E-state index is 12.6. The van der Waals surface area contributed by atoms with Crippen molar-refractivity contribution in [3.63, 3.8) is 0 Å². The molecule has 2 amide bonds. The Balaban J connectivity index is 2.17. The number of nitrogens with zero attached hydrogens (tertiary/aromatic N) is 1. The van der Waals surface area contributed by atoms with E-state index in [1.54, 1.807) is 12.1 Å². The summed E-state index contributed by atoms with van der Waals surface area (Å²) in [5, 5.41) is 2.22. The third kappa shape index (κ3) is 4.86. The zero-order valence-electron chi connectivity index (χ0n) is 14.0. The zero-order valence-corrected chi connectivity index (χ0v) is 16.3. The Morgan fingerprint density at radius 1 is 1.24 bits per heavy atom. The van der Waals surface area contributed by atoms with Crippen LogP contribution < -0.4 is 5.32 Å². The van der Waals surface area contributed by atoms with Gasteiger partial charge < -0.3 is 10.2 Å². The number of carbonyl (C=O) groups excluding carboxylic acids is 2. The number of nitrogens with one attached hydrogen (secondary N) is 1. The highest BCUT2D eigenvalue weighted by Crippen LogP contribution is 2.26. The monoisotopic (exact) mass is 406 g/mol. The maximum atomic E-state index is 12.6. The average molecular weight is 407 g/mol. The van der Waals surface area contributed by atoms with Gasteiger partial charge in [-0.2, -0.15) is 0 Å². The molecule has 0 unspecified atom stereocenters. The van der Waals surface area contributed by atoms with Crippen LogP contribution >= 0.6 is 23.2 Å². The lowest BCUT2D eigenvalue weighted by atomic mass is 10.0. The highest BCUT2D eigenvalue weighted by molar-refractivity contribution is 7.92. The highest BCUT2D eigenvalue weighted by Gasteiger charge is 2.37. The van der Waals surface area contributed by atoms with Crippen molar-refractivity contribution in [1.29, 1.82) is 0 Å². The largest absolute Gasteiger partial charge is 0.330 e. The first-order chi connectivity index (χ1) is 11.6. The molecule has 1 saturated heterocycles. The molecule has 25 heavy (non-hydrogen) atoms. The third-order valence-corrected chi connectivity index (χ3v) is 6.49. The van der Waals surface area contributed by atoms with Gasteiger partial charge >= 0.3 is 0 Å². The molecule has 0 bridgehead atoms. The predicted molar refractivity (Wildman–Crippen MR) is 98.7 cm³/mol. The van der Waals surface area contributed by atoms with Crippen LogP contribution in [0.5, 0.6) is 0 Å². The Morgan fingerprint density at radius 2 is 1.92 bits per heavy atom. The van der Waals surface area contributed by atoms with Crippen LogP contribution in [0.15, 0.2) is 18.2 Å². The lowest BCUT2D eigenvalue weighted by molar-refractivity contribution is -0.139. The molecule has 1 aliphatic rings. The normalized spacial score (nSPS) is 19.4. The second-order valence-electron chi connectivity index (χ2n) is 6.13. The molecular formula is C16H20Cl2N2O4S. The van der Waals surface area contributed by atoms with Crippen molar-refractivity contribution in [2.24, 2.45) is 0 Å². The minimum atomic E-state index is -3.52.